The van der Waals surface area contributed by atoms with Gasteiger partial charge in [0.2, 0.25) is 0 Å². The summed E-state index contributed by atoms with van der Waals surface area (Å²) in [5.41, 5.74) is 3.13. The number of rotatable bonds is 17. The number of nitrogens with zero attached hydrogens (tertiary/aromatic N) is 2. The van der Waals surface area contributed by atoms with Crippen LogP contribution in [0.4, 0.5) is 0 Å². The molecule has 0 fully saturated rings. The van der Waals surface area contributed by atoms with Gasteiger partial charge in [0.1, 0.15) is 0 Å². The van der Waals surface area contributed by atoms with Gasteiger partial charge in [0.05, 0.1) is 6.61 Å². The molecule has 0 aliphatic heterocycles. The maximum absolute atomic E-state index is 11.8. The molecule has 0 N–H and O–H groups in total. The van der Waals surface area contributed by atoms with Gasteiger partial charge in [-0.15, -0.1) is 0 Å². The SMILES string of the molecule is CCCCCCCCCCCCc1cnc(-c2ccc(/C=C/C(=O)OCC(C)CC)cc2)nc1. The summed E-state index contributed by atoms with van der Waals surface area (Å²) in [5, 5.41) is 0. The highest BCUT2D eigenvalue weighted by molar-refractivity contribution is 5.87. The zero-order valence-corrected chi connectivity index (χ0v) is 21.6. The van der Waals surface area contributed by atoms with Crippen LogP contribution >= 0.6 is 0 Å². The monoisotopic (exact) mass is 464 g/mol. The maximum Gasteiger partial charge on any atom is 0.330 e. The molecule has 0 aliphatic carbocycles. The van der Waals surface area contributed by atoms with Gasteiger partial charge in [0.25, 0.3) is 0 Å². The fourth-order valence-corrected chi connectivity index (χ4v) is 3.75. The van der Waals surface area contributed by atoms with Crippen LogP contribution in [-0.2, 0) is 16.0 Å². The Balaban J connectivity index is 1.68. The Hall–Kier alpha value is -2.49. The van der Waals surface area contributed by atoms with Gasteiger partial charge in [-0.3, -0.25) is 0 Å². The van der Waals surface area contributed by atoms with Gasteiger partial charge < -0.3 is 4.74 Å². The van der Waals surface area contributed by atoms with Crippen molar-refractivity contribution < 1.29 is 9.53 Å². The molecule has 0 aliphatic rings. The molecule has 1 atom stereocenters. The first-order valence-corrected chi connectivity index (χ1v) is 13.4. The lowest BCUT2D eigenvalue weighted by atomic mass is 10.0. The van der Waals surface area contributed by atoms with Crippen molar-refractivity contribution in [3.8, 4) is 11.4 Å². The summed E-state index contributed by atoms with van der Waals surface area (Å²) in [7, 11) is 0. The van der Waals surface area contributed by atoms with Gasteiger partial charge in [-0.1, -0.05) is 109 Å². The highest BCUT2D eigenvalue weighted by Gasteiger charge is 2.04. The summed E-state index contributed by atoms with van der Waals surface area (Å²) in [6.07, 6.45) is 22.7. The summed E-state index contributed by atoms with van der Waals surface area (Å²) < 4.78 is 5.24. The first-order valence-electron chi connectivity index (χ1n) is 13.4. The Bertz CT molecular complexity index is 828. The Morgan fingerprint density at radius 3 is 2.06 bits per heavy atom. The molecule has 2 rings (SSSR count). The van der Waals surface area contributed by atoms with Crippen molar-refractivity contribution in [1.29, 1.82) is 0 Å². The van der Waals surface area contributed by atoms with Crippen LogP contribution < -0.4 is 0 Å². The minimum absolute atomic E-state index is 0.300. The number of hydrogen-bond acceptors (Lipinski definition) is 4. The van der Waals surface area contributed by atoms with Crippen molar-refractivity contribution in [3.05, 3.63) is 53.9 Å². The summed E-state index contributed by atoms with van der Waals surface area (Å²) in [4.78, 5) is 20.9. The highest BCUT2D eigenvalue weighted by atomic mass is 16.5. The number of aromatic nitrogens is 2. The largest absolute Gasteiger partial charge is 0.462 e. The Kier molecular flexibility index (Phi) is 13.9. The Morgan fingerprint density at radius 2 is 1.47 bits per heavy atom. The van der Waals surface area contributed by atoms with E-state index in [1.165, 1.54) is 75.8 Å². The number of aryl methyl sites for hydroxylation is 1. The third kappa shape index (κ3) is 11.6. The Labute approximate surface area is 207 Å². The van der Waals surface area contributed by atoms with Crippen LogP contribution in [0, 0.1) is 5.92 Å². The minimum Gasteiger partial charge on any atom is -0.462 e. The van der Waals surface area contributed by atoms with Crippen LogP contribution in [0.3, 0.4) is 0 Å². The van der Waals surface area contributed by atoms with Crippen LogP contribution in [-0.4, -0.2) is 22.5 Å². The molecular weight excluding hydrogens is 420 g/mol. The molecule has 4 nitrogen and oxygen atoms in total. The molecule has 2 aromatic rings. The van der Waals surface area contributed by atoms with Gasteiger partial charge in [0.15, 0.2) is 5.82 Å². The van der Waals surface area contributed by atoms with Crippen molar-refractivity contribution in [2.45, 2.75) is 97.8 Å². The molecule has 0 radical (unpaired) electrons. The molecule has 186 valence electrons. The number of unbranched alkanes of at least 4 members (excludes halogenated alkanes) is 9. The van der Waals surface area contributed by atoms with Gasteiger partial charge in [-0.25, -0.2) is 14.8 Å². The molecule has 0 spiro atoms. The molecule has 1 unspecified atom stereocenters. The third-order valence-corrected chi connectivity index (χ3v) is 6.31. The number of benzene rings is 1. The van der Waals surface area contributed by atoms with Crippen molar-refractivity contribution in [2.24, 2.45) is 5.92 Å². The van der Waals surface area contributed by atoms with Crippen molar-refractivity contribution in [1.82, 2.24) is 9.97 Å². The lowest BCUT2D eigenvalue weighted by Gasteiger charge is -2.07. The predicted octanol–water partition coefficient (Wildman–Crippen LogP) is 8.21. The van der Waals surface area contributed by atoms with E-state index in [0.717, 1.165) is 29.8 Å². The molecule has 1 heterocycles. The van der Waals surface area contributed by atoms with E-state index in [9.17, 15) is 4.79 Å². The molecule has 34 heavy (non-hydrogen) atoms. The van der Waals surface area contributed by atoms with E-state index >= 15 is 0 Å². The lowest BCUT2D eigenvalue weighted by Crippen LogP contribution is -2.08. The second-order valence-corrected chi connectivity index (χ2v) is 9.45. The van der Waals surface area contributed by atoms with Crippen molar-refractivity contribution in [2.75, 3.05) is 6.61 Å². The standard InChI is InChI=1S/C30H44N2O2/c1-4-6-7-8-9-10-11-12-13-14-15-27-22-31-30(32-23-27)28-19-16-26(17-20-28)18-21-29(33)34-24-25(3)5-2/h16-23,25H,4-15,24H2,1-3H3/b21-18+. The van der Waals surface area contributed by atoms with Crippen LogP contribution in [0.15, 0.2) is 42.7 Å². The molecule has 0 amide bonds. The number of hydrogen-bond donors (Lipinski definition) is 0. The first-order chi connectivity index (χ1) is 16.6. The zero-order valence-electron chi connectivity index (χ0n) is 21.6. The predicted molar refractivity (Wildman–Crippen MR) is 142 cm³/mol. The second kappa shape index (κ2) is 17.0. The molecule has 0 bridgehead atoms. The van der Waals surface area contributed by atoms with E-state index in [1.807, 2.05) is 36.7 Å². The molecule has 1 aromatic carbocycles. The van der Waals surface area contributed by atoms with Gasteiger partial charge in [-0.2, -0.15) is 0 Å². The maximum atomic E-state index is 11.8. The number of carbonyl (C=O) groups is 1. The van der Waals surface area contributed by atoms with Crippen LogP contribution in [0.25, 0.3) is 17.5 Å². The quantitative estimate of drug-likeness (QED) is 0.134. The number of ether oxygens (including phenoxy) is 1. The van der Waals surface area contributed by atoms with Crippen LogP contribution in [0.5, 0.6) is 0 Å². The van der Waals surface area contributed by atoms with Crippen LogP contribution in [0.1, 0.15) is 103 Å². The van der Waals surface area contributed by atoms with E-state index in [-0.39, 0.29) is 5.97 Å². The van der Waals surface area contributed by atoms with E-state index in [2.05, 4.69) is 30.7 Å². The average Bonchev–Trinajstić information content (AvgIpc) is 2.87. The molecule has 0 saturated heterocycles. The smallest absolute Gasteiger partial charge is 0.330 e. The fraction of sp³-hybridized carbons (Fsp3) is 0.567. The normalized spacial score (nSPS) is 12.2. The summed E-state index contributed by atoms with van der Waals surface area (Å²) >= 11 is 0. The van der Waals surface area contributed by atoms with E-state index in [0.29, 0.717) is 12.5 Å². The third-order valence-electron chi connectivity index (χ3n) is 6.31. The minimum atomic E-state index is -0.300. The summed E-state index contributed by atoms with van der Waals surface area (Å²) in [5.74, 6) is 0.818. The van der Waals surface area contributed by atoms with Gasteiger partial charge in [-0.05, 0) is 36.0 Å². The Morgan fingerprint density at radius 1 is 0.882 bits per heavy atom. The first kappa shape index (κ1) is 27.8. The van der Waals surface area contributed by atoms with Gasteiger partial charge in [0, 0.05) is 24.0 Å². The lowest BCUT2D eigenvalue weighted by molar-refractivity contribution is -0.138. The summed E-state index contributed by atoms with van der Waals surface area (Å²) in [6.45, 7) is 6.90. The fourth-order valence-electron chi connectivity index (χ4n) is 3.75. The molecule has 1 aromatic heterocycles. The average molecular weight is 465 g/mol. The van der Waals surface area contributed by atoms with Crippen molar-refractivity contribution in [3.63, 3.8) is 0 Å². The molecule has 4 heteroatoms. The number of carbonyl (C=O) groups excluding carboxylic acids is 1. The van der Waals surface area contributed by atoms with E-state index in [4.69, 9.17) is 4.74 Å². The topological polar surface area (TPSA) is 52.1 Å². The number of esters is 1. The highest BCUT2D eigenvalue weighted by Crippen LogP contribution is 2.17. The van der Waals surface area contributed by atoms with Crippen LogP contribution in [0.2, 0.25) is 0 Å². The van der Waals surface area contributed by atoms with E-state index < -0.39 is 0 Å². The second-order valence-electron chi connectivity index (χ2n) is 9.45. The van der Waals surface area contributed by atoms with Gasteiger partial charge >= 0.3 is 5.97 Å². The zero-order chi connectivity index (χ0) is 24.4. The summed E-state index contributed by atoms with van der Waals surface area (Å²) in [6, 6.07) is 7.91. The molecular formula is C30H44N2O2. The van der Waals surface area contributed by atoms with E-state index in [1.54, 1.807) is 6.08 Å². The molecule has 0 saturated carbocycles. The van der Waals surface area contributed by atoms with Crippen molar-refractivity contribution >= 4 is 12.0 Å².